The van der Waals surface area contributed by atoms with Crippen LogP contribution in [0.15, 0.2) is 6.20 Å². The molecule has 0 aromatic carbocycles. The number of nitrogens with two attached hydrogens (primary N) is 1. The number of aromatic nitrogens is 1. The number of thiazole rings is 1. The topological polar surface area (TPSA) is 51.4 Å². The first-order valence-electron chi connectivity index (χ1n) is 7.19. The zero-order valence-corrected chi connectivity index (χ0v) is 12.4. The maximum Gasteiger partial charge on any atom is 0.180 e. The number of nitrogen functional groups attached to an aromatic ring is 1. The number of hydrogen-bond acceptors (Lipinski definition) is 5. The lowest BCUT2D eigenvalue weighted by Gasteiger charge is -2.34. The van der Waals surface area contributed by atoms with Gasteiger partial charge >= 0.3 is 0 Å². The Morgan fingerprint density at radius 2 is 2.37 bits per heavy atom. The third kappa shape index (κ3) is 2.93. The van der Waals surface area contributed by atoms with E-state index in [2.05, 4.69) is 9.88 Å². The molecule has 0 saturated heterocycles. The molecule has 3 atom stereocenters. The van der Waals surface area contributed by atoms with Gasteiger partial charge in [-0.25, -0.2) is 4.98 Å². The second-order valence-electron chi connectivity index (χ2n) is 5.87. The normalized spacial score (nSPS) is 29.5. The summed E-state index contributed by atoms with van der Waals surface area (Å²) in [6.45, 7) is 2.80. The fourth-order valence-electron chi connectivity index (χ4n) is 3.82. The van der Waals surface area contributed by atoms with E-state index < -0.39 is 0 Å². The predicted octanol–water partition coefficient (Wildman–Crippen LogP) is 2.36. The Morgan fingerprint density at radius 1 is 1.47 bits per heavy atom. The molecule has 0 spiro atoms. The molecule has 19 heavy (non-hydrogen) atoms. The lowest BCUT2D eigenvalue weighted by molar-refractivity contribution is 0.0893. The van der Waals surface area contributed by atoms with Crippen molar-refractivity contribution in [3.63, 3.8) is 0 Å². The first kappa shape index (κ1) is 13.3. The lowest BCUT2D eigenvalue weighted by atomic mass is 9.94. The highest BCUT2D eigenvalue weighted by Crippen LogP contribution is 2.46. The van der Waals surface area contributed by atoms with Gasteiger partial charge in [0.2, 0.25) is 0 Å². The van der Waals surface area contributed by atoms with Crippen LogP contribution in [0.1, 0.15) is 30.6 Å². The lowest BCUT2D eigenvalue weighted by Crippen LogP contribution is -2.40. The summed E-state index contributed by atoms with van der Waals surface area (Å²) in [6.07, 6.45) is 7.62. The number of fused-ring (bicyclic) bond motifs is 2. The number of hydrogen-bond donors (Lipinski definition) is 1. The number of methoxy groups -OCH3 is 1. The van der Waals surface area contributed by atoms with Crippen LogP contribution in [0.2, 0.25) is 0 Å². The second kappa shape index (κ2) is 5.77. The fraction of sp³-hybridized carbons (Fsp3) is 0.786. The van der Waals surface area contributed by atoms with Crippen molar-refractivity contribution in [1.82, 2.24) is 9.88 Å². The molecular formula is C14H23N3OS. The first-order chi connectivity index (χ1) is 9.26. The summed E-state index contributed by atoms with van der Waals surface area (Å²) in [5, 5.41) is 0.676. The average molecular weight is 281 g/mol. The van der Waals surface area contributed by atoms with Crippen LogP contribution < -0.4 is 5.73 Å². The monoisotopic (exact) mass is 281 g/mol. The van der Waals surface area contributed by atoms with E-state index in [1.807, 2.05) is 6.20 Å². The van der Waals surface area contributed by atoms with E-state index in [1.54, 1.807) is 18.4 Å². The van der Waals surface area contributed by atoms with E-state index in [9.17, 15) is 0 Å². The molecule has 3 rings (SSSR count). The minimum Gasteiger partial charge on any atom is -0.383 e. The van der Waals surface area contributed by atoms with Gasteiger partial charge < -0.3 is 10.5 Å². The maximum absolute atomic E-state index is 5.73. The Bertz CT molecular complexity index is 423. The molecule has 0 amide bonds. The SMILES string of the molecule is COCCN(Cc1cnc(N)s1)C1CC2CCC1C2. The summed E-state index contributed by atoms with van der Waals surface area (Å²) in [4.78, 5) is 8.03. The van der Waals surface area contributed by atoms with Crippen molar-refractivity contribution in [3.05, 3.63) is 11.1 Å². The zero-order chi connectivity index (χ0) is 13.2. The van der Waals surface area contributed by atoms with Crippen molar-refractivity contribution in [3.8, 4) is 0 Å². The van der Waals surface area contributed by atoms with Gasteiger partial charge in [-0.05, 0) is 31.1 Å². The maximum atomic E-state index is 5.73. The highest BCUT2D eigenvalue weighted by molar-refractivity contribution is 7.15. The third-order valence-electron chi connectivity index (χ3n) is 4.68. The Balaban J connectivity index is 1.66. The molecule has 2 N–H and O–H groups in total. The molecule has 2 bridgehead atoms. The van der Waals surface area contributed by atoms with Crippen LogP contribution in [0.5, 0.6) is 0 Å². The zero-order valence-electron chi connectivity index (χ0n) is 11.5. The molecule has 3 unspecified atom stereocenters. The van der Waals surface area contributed by atoms with Crippen molar-refractivity contribution in [1.29, 1.82) is 0 Å². The summed E-state index contributed by atoms with van der Waals surface area (Å²) in [5.74, 6) is 1.89. The van der Waals surface area contributed by atoms with Crippen molar-refractivity contribution < 1.29 is 4.74 Å². The highest BCUT2D eigenvalue weighted by Gasteiger charge is 2.42. The molecule has 2 aliphatic rings. The summed E-state index contributed by atoms with van der Waals surface area (Å²) in [5.41, 5.74) is 5.73. The highest BCUT2D eigenvalue weighted by atomic mass is 32.1. The van der Waals surface area contributed by atoms with E-state index >= 15 is 0 Å². The number of rotatable bonds is 6. The summed E-state index contributed by atoms with van der Waals surface area (Å²) in [6, 6.07) is 0.747. The van der Waals surface area contributed by atoms with Gasteiger partial charge in [0.15, 0.2) is 5.13 Å². The van der Waals surface area contributed by atoms with Gasteiger partial charge in [-0.3, -0.25) is 4.90 Å². The molecule has 1 aromatic rings. The van der Waals surface area contributed by atoms with Crippen LogP contribution in [-0.2, 0) is 11.3 Å². The average Bonchev–Trinajstić information content (AvgIpc) is 3.10. The first-order valence-corrected chi connectivity index (χ1v) is 8.01. The number of ether oxygens (including phenoxy) is 1. The Hall–Kier alpha value is -0.650. The molecular weight excluding hydrogens is 258 g/mol. The van der Waals surface area contributed by atoms with E-state index in [-0.39, 0.29) is 0 Å². The van der Waals surface area contributed by atoms with Crippen LogP contribution in [0.3, 0.4) is 0 Å². The smallest absolute Gasteiger partial charge is 0.180 e. The van der Waals surface area contributed by atoms with Crippen LogP contribution in [-0.4, -0.2) is 36.2 Å². The van der Waals surface area contributed by atoms with Crippen LogP contribution >= 0.6 is 11.3 Å². The molecule has 1 aromatic heterocycles. The van der Waals surface area contributed by atoms with Gasteiger partial charge in [0.1, 0.15) is 0 Å². The summed E-state index contributed by atoms with van der Waals surface area (Å²) in [7, 11) is 1.78. The fourth-order valence-corrected chi connectivity index (χ4v) is 4.53. The van der Waals surface area contributed by atoms with Crippen LogP contribution in [0.4, 0.5) is 5.13 Å². The molecule has 0 aliphatic heterocycles. The summed E-state index contributed by atoms with van der Waals surface area (Å²) < 4.78 is 5.28. The van der Waals surface area contributed by atoms with E-state index in [0.29, 0.717) is 5.13 Å². The second-order valence-corrected chi connectivity index (χ2v) is 7.02. The van der Waals surface area contributed by atoms with Crippen molar-refractivity contribution in [2.24, 2.45) is 11.8 Å². The molecule has 4 nitrogen and oxygen atoms in total. The van der Waals surface area contributed by atoms with E-state index in [4.69, 9.17) is 10.5 Å². The molecule has 5 heteroatoms. The third-order valence-corrected chi connectivity index (χ3v) is 5.49. The Morgan fingerprint density at radius 3 is 2.95 bits per heavy atom. The van der Waals surface area contributed by atoms with Crippen molar-refractivity contribution >= 4 is 16.5 Å². The Kier molecular flexibility index (Phi) is 4.05. The van der Waals surface area contributed by atoms with Gasteiger partial charge in [-0.15, -0.1) is 11.3 Å². The molecule has 1 heterocycles. The van der Waals surface area contributed by atoms with Crippen molar-refractivity contribution in [2.45, 2.75) is 38.3 Å². The predicted molar refractivity (Wildman–Crippen MR) is 78.0 cm³/mol. The minimum atomic E-state index is 0.676. The number of anilines is 1. The van der Waals surface area contributed by atoms with Crippen LogP contribution in [0, 0.1) is 11.8 Å². The minimum absolute atomic E-state index is 0.676. The molecule has 2 saturated carbocycles. The van der Waals surface area contributed by atoms with Gasteiger partial charge in [0, 0.05) is 37.3 Å². The van der Waals surface area contributed by atoms with Crippen LogP contribution in [0.25, 0.3) is 0 Å². The van der Waals surface area contributed by atoms with Gasteiger partial charge in [0.05, 0.1) is 6.61 Å². The Labute approximate surface area is 119 Å². The molecule has 0 radical (unpaired) electrons. The quantitative estimate of drug-likeness (QED) is 0.869. The van der Waals surface area contributed by atoms with Gasteiger partial charge in [-0.1, -0.05) is 6.42 Å². The van der Waals surface area contributed by atoms with E-state index in [1.165, 1.54) is 30.6 Å². The molecule has 2 aliphatic carbocycles. The molecule has 2 fully saturated rings. The molecule has 106 valence electrons. The number of nitrogens with zero attached hydrogens (tertiary/aromatic N) is 2. The summed E-state index contributed by atoms with van der Waals surface area (Å²) >= 11 is 1.61. The van der Waals surface area contributed by atoms with Gasteiger partial charge in [0.25, 0.3) is 0 Å². The standard InChI is InChI=1S/C14H23N3OS/c1-18-5-4-17(9-12-8-16-14(15)19-12)13-7-10-2-3-11(13)6-10/h8,10-11,13H,2-7,9H2,1H3,(H2,15,16). The largest absolute Gasteiger partial charge is 0.383 e. The van der Waals surface area contributed by atoms with Gasteiger partial charge in [-0.2, -0.15) is 0 Å². The van der Waals surface area contributed by atoms with E-state index in [0.717, 1.165) is 37.6 Å². The van der Waals surface area contributed by atoms with Crippen molar-refractivity contribution in [2.75, 3.05) is 26.0 Å².